The van der Waals surface area contributed by atoms with E-state index >= 15 is 0 Å². The van der Waals surface area contributed by atoms with Crippen LogP contribution in [-0.4, -0.2) is 35.8 Å². The maximum Gasteiger partial charge on any atom is 0.257 e. The van der Waals surface area contributed by atoms with E-state index in [2.05, 4.69) is 25.7 Å². The summed E-state index contributed by atoms with van der Waals surface area (Å²) in [6.07, 6.45) is 3.72. The largest absolute Gasteiger partial charge is 0.490 e. The van der Waals surface area contributed by atoms with Crippen molar-refractivity contribution in [2.24, 2.45) is 0 Å². The van der Waals surface area contributed by atoms with Gasteiger partial charge in [-0.3, -0.25) is 0 Å². The summed E-state index contributed by atoms with van der Waals surface area (Å²) in [6, 6.07) is 6.05. The van der Waals surface area contributed by atoms with Crippen molar-refractivity contribution in [3.8, 4) is 28.6 Å². The highest BCUT2D eigenvalue weighted by Gasteiger charge is 2.19. The Morgan fingerprint density at radius 1 is 1.17 bits per heavy atom. The molecule has 0 aliphatic carbocycles. The van der Waals surface area contributed by atoms with Gasteiger partial charge in [-0.15, -0.1) is 0 Å². The summed E-state index contributed by atoms with van der Waals surface area (Å²) in [5, 5.41) is 3.44. The van der Waals surface area contributed by atoms with Gasteiger partial charge in [0.25, 0.3) is 5.88 Å². The molecule has 6 heteroatoms. The number of rotatable bonds is 11. The molecule has 6 nitrogen and oxygen atoms in total. The zero-order valence-corrected chi connectivity index (χ0v) is 18.4. The molecule has 29 heavy (non-hydrogen) atoms. The molecule has 2 rings (SSSR count). The van der Waals surface area contributed by atoms with Gasteiger partial charge in [-0.2, -0.15) is 0 Å². The lowest BCUT2D eigenvalue weighted by Gasteiger charge is -2.20. The zero-order chi connectivity index (χ0) is 21.4. The summed E-state index contributed by atoms with van der Waals surface area (Å²) < 4.78 is 17.2. The first kappa shape index (κ1) is 22.5. The number of hydrogen-bond donors (Lipinski definition) is 1. The Labute approximate surface area is 174 Å². The van der Waals surface area contributed by atoms with Crippen LogP contribution in [0.5, 0.6) is 17.4 Å². The first-order valence-corrected chi connectivity index (χ1v) is 10.2. The molecule has 0 saturated heterocycles. The molecule has 2 aromatic rings. The second-order valence-electron chi connectivity index (χ2n) is 7.10. The van der Waals surface area contributed by atoms with Gasteiger partial charge in [0.2, 0.25) is 0 Å². The van der Waals surface area contributed by atoms with Gasteiger partial charge in [0.1, 0.15) is 18.1 Å². The van der Waals surface area contributed by atoms with Crippen LogP contribution in [0.4, 0.5) is 5.82 Å². The predicted octanol–water partition coefficient (Wildman–Crippen LogP) is 5.41. The maximum absolute atomic E-state index is 6.05. The summed E-state index contributed by atoms with van der Waals surface area (Å²) in [5.41, 5.74) is 2.37. The quantitative estimate of drug-likeness (QED) is 0.510. The second-order valence-corrected chi connectivity index (χ2v) is 7.10. The van der Waals surface area contributed by atoms with Gasteiger partial charge in [0.05, 0.1) is 24.6 Å². The van der Waals surface area contributed by atoms with Crippen LogP contribution < -0.4 is 19.5 Å². The molecule has 0 bridgehead atoms. The highest BCUT2D eigenvalue weighted by molar-refractivity contribution is 5.72. The van der Waals surface area contributed by atoms with Gasteiger partial charge in [0, 0.05) is 17.7 Å². The van der Waals surface area contributed by atoms with E-state index in [-0.39, 0.29) is 6.10 Å². The molecule has 0 atom stereocenters. The molecule has 158 valence electrons. The molecule has 1 N–H and O–H groups in total. The lowest BCUT2D eigenvalue weighted by molar-refractivity contribution is 0.242. The molecule has 0 spiro atoms. The average Bonchev–Trinajstić information content (AvgIpc) is 2.70. The molecule has 0 aliphatic rings. The normalized spacial score (nSPS) is 10.9. The summed E-state index contributed by atoms with van der Waals surface area (Å²) in [4.78, 5) is 9.51. The fraction of sp³-hybridized carbons (Fsp3) is 0.478. The number of aryl methyl sites for hydroxylation is 1. The third-order valence-corrected chi connectivity index (χ3v) is 4.50. The van der Waals surface area contributed by atoms with Crippen LogP contribution in [0.1, 0.15) is 46.2 Å². The van der Waals surface area contributed by atoms with Crippen LogP contribution in [0.25, 0.3) is 11.3 Å². The fourth-order valence-corrected chi connectivity index (χ4v) is 2.98. The van der Waals surface area contributed by atoms with Gasteiger partial charge in [0.15, 0.2) is 5.82 Å². The molecule has 1 heterocycles. The van der Waals surface area contributed by atoms with Crippen LogP contribution in [0.15, 0.2) is 30.9 Å². The van der Waals surface area contributed by atoms with Crippen LogP contribution >= 0.6 is 0 Å². The SMILES string of the molecule is C=CCOc1ccc(-c2nc(OC)c(NC(CC)CC)nc2C)c(OC(C)C)c1. The number of nitrogens with one attached hydrogen (secondary N) is 1. The third kappa shape index (κ3) is 5.86. The maximum atomic E-state index is 6.05. The Morgan fingerprint density at radius 2 is 1.90 bits per heavy atom. The molecule has 0 saturated carbocycles. The van der Waals surface area contributed by atoms with Crippen LogP contribution in [-0.2, 0) is 0 Å². The van der Waals surface area contributed by atoms with E-state index < -0.39 is 0 Å². The minimum absolute atomic E-state index is 0.00868. The smallest absolute Gasteiger partial charge is 0.257 e. The second kappa shape index (κ2) is 10.7. The lowest BCUT2D eigenvalue weighted by Crippen LogP contribution is -2.19. The van der Waals surface area contributed by atoms with E-state index in [0.717, 1.165) is 29.8 Å². The van der Waals surface area contributed by atoms with E-state index in [1.807, 2.05) is 39.0 Å². The number of hydrogen-bond acceptors (Lipinski definition) is 6. The first-order chi connectivity index (χ1) is 13.9. The molecule has 0 fully saturated rings. The number of methoxy groups -OCH3 is 1. The van der Waals surface area contributed by atoms with Gasteiger partial charge in [-0.05, 0) is 45.7 Å². The van der Waals surface area contributed by atoms with E-state index in [0.29, 0.717) is 35.8 Å². The number of anilines is 1. The summed E-state index contributed by atoms with van der Waals surface area (Å²) in [7, 11) is 1.61. The van der Waals surface area contributed by atoms with Crippen LogP contribution in [0, 0.1) is 6.92 Å². The van der Waals surface area contributed by atoms with Crippen molar-refractivity contribution >= 4 is 5.82 Å². The third-order valence-electron chi connectivity index (χ3n) is 4.50. The molecule has 0 amide bonds. The summed E-state index contributed by atoms with van der Waals surface area (Å²) >= 11 is 0. The minimum atomic E-state index is 0.00868. The minimum Gasteiger partial charge on any atom is -0.490 e. The van der Waals surface area contributed by atoms with Crippen LogP contribution in [0.2, 0.25) is 0 Å². The highest BCUT2D eigenvalue weighted by atomic mass is 16.5. The topological polar surface area (TPSA) is 65.5 Å². The van der Waals surface area contributed by atoms with Gasteiger partial charge in [-0.1, -0.05) is 26.5 Å². The van der Waals surface area contributed by atoms with Crippen molar-refractivity contribution in [3.05, 3.63) is 36.5 Å². The number of benzene rings is 1. The highest BCUT2D eigenvalue weighted by Crippen LogP contribution is 2.36. The van der Waals surface area contributed by atoms with Gasteiger partial charge < -0.3 is 19.5 Å². The van der Waals surface area contributed by atoms with E-state index in [4.69, 9.17) is 24.2 Å². The average molecular weight is 400 g/mol. The van der Waals surface area contributed by atoms with Crippen molar-refractivity contribution in [2.45, 2.75) is 59.6 Å². The number of nitrogens with zero attached hydrogens (tertiary/aromatic N) is 2. The Hall–Kier alpha value is -2.76. The number of aromatic nitrogens is 2. The van der Waals surface area contributed by atoms with E-state index in [1.165, 1.54) is 0 Å². The van der Waals surface area contributed by atoms with Gasteiger partial charge >= 0.3 is 0 Å². The molecular formula is C23H33N3O3. The number of ether oxygens (including phenoxy) is 3. The molecule has 1 aromatic carbocycles. The fourth-order valence-electron chi connectivity index (χ4n) is 2.98. The Kier molecular flexibility index (Phi) is 8.31. The zero-order valence-electron chi connectivity index (χ0n) is 18.4. The van der Waals surface area contributed by atoms with Crippen molar-refractivity contribution in [3.63, 3.8) is 0 Å². The van der Waals surface area contributed by atoms with E-state index in [9.17, 15) is 0 Å². The Balaban J connectivity index is 2.50. The van der Waals surface area contributed by atoms with Gasteiger partial charge in [-0.25, -0.2) is 9.97 Å². The molecular weight excluding hydrogens is 366 g/mol. The summed E-state index contributed by atoms with van der Waals surface area (Å²) in [6.45, 7) is 14.3. The van der Waals surface area contributed by atoms with Crippen LogP contribution in [0.3, 0.4) is 0 Å². The van der Waals surface area contributed by atoms with Crippen molar-refractivity contribution in [2.75, 3.05) is 19.0 Å². The molecule has 0 radical (unpaired) electrons. The van der Waals surface area contributed by atoms with Crippen molar-refractivity contribution < 1.29 is 14.2 Å². The first-order valence-electron chi connectivity index (χ1n) is 10.2. The molecule has 0 unspecified atom stereocenters. The van der Waals surface area contributed by atoms with Crippen molar-refractivity contribution in [1.29, 1.82) is 0 Å². The lowest BCUT2D eigenvalue weighted by atomic mass is 10.1. The Morgan fingerprint density at radius 3 is 2.48 bits per heavy atom. The Bertz CT molecular complexity index is 817. The van der Waals surface area contributed by atoms with Crippen molar-refractivity contribution in [1.82, 2.24) is 9.97 Å². The summed E-state index contributed by atoms with van der Waals surface area (Å²) in [5.74, 6) is 2.55. The molecule has 1 aromatic heterocycles. The standard InChI is InChI=1S/C23H33N3O3/c1-8-13-28-18-11-12-19(20(14-18)29-15(4)5)21-16(6)24-22(23(26-21)27-7)25-17(9-2)10-3/h8,11-12,14-15,17H,1,9-10,13H2,2-7H3,(H,24,25). The predicted molar refractivity (Wildman–Crippen MR) is 118 cm³/mol. The van der Waals surface area contributed by atoms with E-state index in [1.54, 1.807) is 13.2 Å². The molecule has 0 aliphatic heterocycles. The monoisotopic (exact) mass is 399 g/mol.